The van der Waals surface area contributed by atoms with Gasteiger partial charge in [0, 0.05) is 23.5 Å². The van der Waals surface area contributed by atoms with Crippen molar-refractivity contribution in [1.82, 2.24) is 15.2 Å². The summed E-state index contributed by atoms with van der Waals surface area (Å²) in [5.74, 6) is 0.373. The highest BCUT2D eigenvalue weighted by Crippen LogP contribution is 2.31. The van der Waals surface area contributed by atoms with E-state index in [0.717, 1.165) is 18.0 Å². The standard InChI is InChI=1S/C11H10F3N3O/c1-6-3-8(11(12,13)14)5-15-10(6)18-9-4-7(2)16-17-9/h3-5H,1-2H3,(H,16,17). The van der Waals surface area contributed by atoms with Crippen LogP contribution in [0, 0.1) is 13.8 Å². The molecule has 0 aliphatic rings. The first-order valence-corrected chi connectivity index (χ1v) is 5.10. The van der Waals surface area contributed by atoms with Crippen LogP contribution in [0.25, 0.3) is 0 Å². The molecule has 0 amide bonds. The summed E-state index contributed by atoms with van der Waals surface area (Å²) in [5, 5.41) is 6.48. The third kappa shape index (κ3) is 2.61. The van der Waals surface area contributed by atoms with Gasteiger partial charge in [-0.2, -0.15) is 13.2 Å². The van der Waals surface area contributed by atoms with Gasteiger partial charge in [-0.3, -0.25) is 5.10 Å². The summed E-state index contributed by atoms with van der Waals surface area (Å²) in [5.41, 5.74) is 0.283. The number of alkyl halides is 3. The number of nitrogens with one attached hydrogen (secondary N) is 1. The monoisotopic (exact) mass is 257 g/mol. The summed E-state index contributed by atoms with van der Waals surface area (Å²) in [6.07, 6.45) is -3.67. The van der Waals surface area contributed by atoms with E-state index in [4.69, 9.17) is 4.74 Å². The fourth-order valence-corrected chi connectivity index (χ4v) is 1.37. The van der Waals surface area contributed by atoms with Gasteiger partial charge in [0.05, 0.1) is 5.56 Å². The van der Waals surface area contributed by atoms with E-state index < -0.39 is 11.7 Å². The summed E-state index contributed by atoms with van der Waals surface area (Å²) in [6, 6.07) is 2.61. The molecule has 18 heavy (non-hydrogen) atoms. The van der Waals surface area contributed by atoms with E-state index in [1.54, 1.807) is 13.0 Å². The minimum atomic E-state index is -4.40. The van der Waals surface area contributed by atoms with Crippen molar-refractivity contribution in [3.63, 3.8) is 0 Å². The number of aromatic nitrogens is 3. The van der Waals surface area contributed by atoms with Gasteiger partial charge in [0.2, 0.25) is 11.8 Å². The molecular formula is C11H10F3N3O. The fraction of sp³-hybridized carbons (Fsp3) is 0.273. The van der Waals surface area contributed by atoms with Crippen molar-refractivity contribution in [3.8, 4) is 11.8 Å². The first-order chi connectivity index (χ1) is 8.36. The zero-order valence-corrected chi connectivity index (χ0v) is 9.67. The molecule has 0 spiro atoms. The zero-order chi connectivity index (χ0) is 13.3. The van der Waals surface area contributed by atoms with Crippen LogP contribution in [0.2, 0.25) is 0 Å². The van der Waals surface area contributed by atoms with Crippen molar-refractivity contribution in [2.45, 2.75) is 20.0 Å². The van der Waals surface area contributed by atoms with Crippen LogP contribution in [0.4, 0.5) is 13.2 Å². The third-order valence-corrected chi connectivity index (χ3v) is 2.24. The van der Waals surface area contributed by atoms with E-state index in [9.17, 15) is 13.2 Å². The molecule has 2 aromatic rings. The maximum absolute atomic E-state index is 12.4. The van der Waals surface area contributed by atoms with Gasteiger partial charge in [0.15, 0.2) is 0 Å². The van der Waals surface area contributed by atoms with E-state index in [2.05, 4.69) is 15.2 Å². The summed E-state index contributed by atoms with van der Waals surface area (Å²) < 4.78 is 42.6. The molecule has 0 aliphatic heterocycles. The third-order valence-electron chi connectivity index (χ3n) is 2.24. The van der Waals surface area contributed by atoms with Crippen molar-refractivity contribution < 1.29 is 17.9 Å². The normalized spacial score (nSPS) is 11.6. The Morgan fingerprint density at radius 3 is 2.44 bits per heavy atom. The molecule has 0 aliphatic carbocycles. The maximum Gasteiger partial charge on any atom is 0.417 e. The molecule has 0 saturated carbocycles. The molecule has 7 heteroatoms. The van der Waals surface area contributed by atoms with E-state index in [1.807, 2.05) is 0 Å². The van der Waals surface area contributed by atoms with Gasteiger partial charge in [-0.05, 0) is 19.9 Å². The number of hydrogen-bond acceptors (Lipinski definition) is 3. The average molecular weight is 257 g/mol. The number of nitrogens with zero attached hydrogens (tertiary/aromatic N) is 2. The van der Waals surface area contributed by atoms with E-state index >= 15 is 0 Å². The van der Waals surface area contributed by atoms with Crippen molar-refractivity contribution in [1.29, 1.82) is 0 Å². The van der Waals surface area contributed by atoms with E-state index in [-0.39, 0.29) is 11.8 Å². The number of aromatic amines is 1. The van der Waals surface area contributed by atoms with Gasteiger partial charge in [-0.15, -0.1) is 5.10 Å². The molecule has 2 rings (SSSR count). The van der Waals surface area contributed by atoms with Crippen LogP contribution in [-0.2, 0) is 6.18 Å². The number of aryl methyl sites for hydroxylation is 2. The topological polar surface area (TPSA) is 50.8 Å². The highest BCUT2D eigenvalue weighted by atomic mass is 19.4. The molecule has 1 N–H and O–H groups in total. The van der Waals surface area contributed by atoms with E-state index in [0.29, 0.717) is 5.56 Å². The van der Waals surface area contributed by atoms with Crippen molar-refractivity contribution in [2.24, 2.45) is 0 Å². The molecule has 2 heterocycles. The highest BCUT2D eigenvalue weighted by molar-refractivity contribution is 5.32. The molecule has 2 aromatic heterocycles. The lowest BCUT2D eigenvalue weighted by Gasteiger charge is -2.09. The number of hydrogen-bond donors (Lipinski definition) is 1. The average Bonchev–Trinajstić information content (AvgIpc) is 2.65. The highest BCUT2D eigenvalue weighted by Gasteiger charge is 2.31. The second-order valence-corrected chi connectivity index (χ2v) is 3.84. The Hall–Kier alpha value is -2.05. The Morgan fingerprint density at radius 2 is 1.94 bits per heavy atom. The molecule has 4 nitrogen and oxygen atoms in total. The van der Waals surface area contributed by atoms with E-state index in [1.165, 1.54) is 6.92 Å². The molecule has 0 bridgehead atoms. The SMILES string of the molecule is Cc1cc(Oc2ncc(C(F)(F)F)cc2C)n[nH]1. The van der Waals surface area contributed by atoms with Crippen LogP contribution < -0.4 is 4.74 Å². The lowest BCUT2D eigenvalue weighted by Crippen LogP contribution is -2.06. The van der Waals surface area contributed by atoms with Gasteiger partial charge >= 0.3 is 6.18 Å². The van der Waals surface area contributed by atoms with Crippen molar-refractivity contribution in [3.05, 3.63) is 35.2 Å². The number of H-pyrrole nitrogens is 1. The van der Waals surface area contributed by atoms with Crippen LogP contribution in [-0.4, -0.2) is 15.2 Å². The molecule has 0 fully saturated rings. The zero-order valence-electron chi connectivity index (χ0n) is 9.67. The maximum atomic E-state index is 12.4. The van der Waals surface area contributed by atoms with Crippen molar-refractivity contribution >= 4 is 0 Å². The second kappa shape index (κ2) is 4.32. The summed E-state index contributed by atoms with van der Waals surface area (Å²) in [6.45, 7) is 3.28. The van der Waals surface area contributed by atoms with Gasteiger partial charge in [-0.25, -0.2) is 4.98 Å². The van der Waals surface area contributed by atoms with Gasteiger partial charge in [-0.1, -0.05) is 0 Å². The molecule has 96 valence electrons. The molecular weight excluding hydrogens is 247 g/mol. The smallest absolute Gasteiger partial charge is 0.417 e. The minimum Gasteiger partial charge on any atom is -0.419 e. The molecule has 0 radical (unpaired) electrons. The van der Waals surface area contributed by atoms with Gasteiger partial charge in [0.25, 0.3) is 0 Å². The Morgan fingerprint density at radius 1 is 1.22 bits per heavy atom. The number of rotatable bonds is 2. The second-order valence-electron chi connectivity index (χ2n) is 3.84. The summed E-state index contributed by atoms with van der Waals surface area (Å²) in [4.78, 5) is 3.65. The Labute approximate surface area is 101 Å². The van der Waals surface area contributed by atoms with Crippen LogP contribution >= 0.6 is 0 Å². The number of halogens is 3. The van der Waals surface area contributed by atoms with Crippen LogP contribution in [0.5, 0.6) is 11.8 Å². The summed E-state index contributed by atoms with van der Waals surface area (Å²) in [7, 11) is 0. The van der Waals surface area contributed by atoms with Crippen LogP contribution in [0.15, 0.2) is 18.3 Å². The van der Waals surface area contributed by atoms with Crippen LogP contribution in [0.3, 0.4) is 0 Å². The molecule has 0 atom stereocenters. The predicted octanol–water partition coefficient (Wildman–Crippen LogP) is 3.23. The quantitative estimate of drug-likeness (QED) is 0.898. The molecule has 0 unspecified atom stereocenters. The fourth-order valence-electron chi connectivity index (χ4n) is 1.37. The summed E-state index contributed by atoms with van der Waals surface area (Å²) >= 11 is 0. The lowest BCUT2D eigenvalue weighted by molar-refractivity contribution is -0.137. The number of ether oxygens (including phenoxy) is 1. The molecule has 0 saturated heterocycles. The first kappa shape index (κ1) is 12.4. The molecule has 0 aromatic carbocycles. The minimum absolute atomic E-state index is 0.106. The largest absolute Gasteiger partial charge is 0.419 e. The van der Waals surface area contributed by atoms with Crippen molar-refractivity contribution in [2.75, 3.05) is 0 Å². The lowest BCUT2D eigenvalue weighted by atomic mass is 10.2. The number of pyridine rings is 1. The van der Waals surface area contributed by atoms with Gasteiger partial charge < -0.3 is 4.74 Å². The predicted molar refractivity (Wildman–Crippen MR) is 57.4 cm³/mol. The van der Waals surface area contributed by atoms with Gasteiger partial charge in [0.1, 0.15) is 0 Å². The Bertz CT molecular complexity index is 563. The Kier molecular flexibility index (Phi) is 2.98. The Balaban J connectivity index is 2.25. The first-order valence-electron chi connectivity index (χ1n) is 5.10. The van der Waals surface area contributed by atoms with Crippen LogP contribution in [0.1, 0.15) is 16.8 Å².